The molecule has 0 spiro atoms. The Morgan fingerprint density at radius 1 is 1.25 bits per heavy atom. The molecule has 2 unspecified atom stereocenters. The van der Waals surface area contributed by atoms with Crippen LogP contribution in [0.5, 0.6) is 0 Å². The van der Waals surface area contributed by atoms with Gasteiger partial charge in [-0.3, -0.25) is 0 Å². The molecule has 0 aromatic rings. The number of rotatable bonds is 1. The highest BCUT2D eigenvalue weighted by molar-refractivity contribution is 4.95. The molecule has 0 amide bonds. The van der Waals surface area contributed by atoms with E-state index in [0.29, 0.717) is 18.1 Å². The second-order valence-corrected chi connectivity index (χ2v) is 4.62. The minimum Gasteiger partial charge on any atom is -0.389 e. The summed E-state index contributed by atoms with van der Waals surface area (Å²) in [6, 6.07) is 0. The minimum absolute atomic E-state index is 0.344. The average Bonchev–Trinajstić information content (AvgIpc) is 2.30. The molecule has 2 nitrogen and oxygen atoms in total. The quantitative estimate of drug-likeness (QED) is 0.649. The maximum Gasteiger partial charge on any atom is 0.0719 e. The largest absolute Gasteiger partial charge is 0.389 e. The summed E-state index contributed by atoms with van der Waals surface area (Å²) in [7, 11) is 0. The lowest BCUT2D eigenvalue weighted by molar-refractivity contribution is -0.132. The van der Waals surface area contributed by atoms with Crippen molar-refractivity contribution in [1.29, 1.82) is 0 Å². The van der Waals surface area contributed by atoms with Crippen molar-refractivity contribution in [3.63, 3.8) is 0 Å². The molecule has 2 saturated heterocycles. The van der Waals surface area contributed by atoms with Crippen molar-refractivity contribution >= 4 is 0 Å². The molecule has 2 rings (SSSR count). The van der Waals surface area contributed by atoms with Gasteiger partial charge in [0.15, 0.2) is 0 Å². The second kappa shape index (κ2) is 2.71. The maximum atomic E-state index is 10.2. The van der Waals surface area contributed by atoms with Crippen molar-refractivity contribution in [3.05, 3.63) is 0 Å². The molecule has 0 aromatic carbocycles. The number of hydrogen-bond acceptors (Lipinski definition) is 2. The van der Waals surface area contributed by atoms with Crippen LogP contribution in [0.15, 0.2) is 0 Å². The summed E-state index contributed by atoms with van der Waals surface area (Å²) in [6.07, 6.45) is 4.69. The molecule has 2 fully saturated rings. The molecular formula is C10H18O2. The van der Waals surface area contributed by atoms with E-state index < -0.39 is 5.60 Å². The van der Waals surface area contributed by atoms with Gasteiger partial charge in [0.05, 0.1) is 17.8 Å². The Balaban J connectivity index is 2.10. The summed E-state index contributed by atoms with van der Waals surface area (Å²) in [5.41, 5.74) is -0.440. The lowest BCUT2D eigenvalue weighted by atomic mass is 9.81. The Labute approximate surface area is 73.9 Å². The summed E-state index contributed by atoms with van der Waals surface area (Å²) >= 11 is 0. The third kappa shape index (κ3) is 1.27. The zero-order valence-electron chi connectivity index (χ0n) is 7.92. The number of hydrogen-bond donors (Lipinski definition) is 1. The van der Waals surface area contributed by atoms with Crippen LogP contribution in [0, 0.1) is 5.92 Å². The molecule has 0 aliphatic carbocycles. The SMILES string of the molecule is CC(C)C1(O)CC2CCC(C1)O2. The van der Waals surface area contributed by atoms with Crippen molar-refractivity contribution in [2.24, 2.45) is 5.92 Å². The van der Waals surface area contributed by atoms with Gasteiger partial charge in [-0.1, -0.05) is 13.8 Å². The fourth-order valence-electron chi connectivity index (χ4n) is 2.42. The van der Waals surface area contributed by atoms with Crippen molar-refractivity contribution in [2.45, 2.75) is 57.3 Å². The van der Waals surface area contributed by atoms with E-state index >= 15 is 0 Å². The second-order valence-electron chi connectivity index (χ2n) is 4.62. The van der Waals surface area contributed by atoms with Gasteiger partial charge in [0, 0.05) is 12.8 Å². The number of ether oxygens (including phenoxy) is 1. The van der Waals surface area contributed by atoms with Crippen LogP contribution in [-0.4, -0.2) is 22.9 Å². The third-order valence-electron chi connectivity index (χ3n) is 3.43. The molecule has 2 aliphatic heterocycles. The summed E-state index contributed by atoms with van der Waals surface area (Å²) in [4.78, 5) is 0. The monoisotopic (exact) mass is 170 g/mol. The smallest absolute Gasteiger partial charge is 0.0719 e. The highest BCUT2D eigenvalue weighted by atomic mass is 16.5. The predicted octanol–water partition coefficient (Wildman–Crippen LogP) is 1.71. The van der Waals surface area contributed by atoms with Crippen molar-refractivity contribution in [1.82, 2.24) is 0 Å². The van der Waals surface area contributed by atoms with E-state index in [4.69, 9.17) is 4.74 Å². The zero-order chi connectivity index (χ0) is 8.77. The van der Waals surface area contributed by atoms with Crippen molar-refractivity contribution in [2.75, 3.05) is 0 Å². The Morgan fingerprint density at radius 3 is 2.17 bits per heavy atom. The molecule has 2 atom stereocenters. The molecule has 12 heavy (non-hydrogen) atoms. The predicted molar refractivity (Wildman–Crippen MR) is 46.9 cm³/mol. The molecule has 0 radical (unpaired) electrons. The zero-order valence-corrected chi connectivity index (χ0v) is 7.92. The van der Waals surface area contributed by atoms with E-state index in [2.05, 4.69) is 13.8 Å². The lowest BCUT2D eigenvalue weighted by Crippen LogP contribution is -2.44. The van der Waals surface area contributed by atoms with E-state index in [-0.39, 0.29) is 0 Å². The average molecular weight is 170 g/mol. The topological polar surface area (TPSA) is 29.5 Å². The Bertz CT molecular complexity index is 165. The molecule has 2 heterocycles. The van der Waals surface area contributed by atoms with E-state index in [9.17, 15) is 5.11 Å². The first-order valence-corrected chi connectivity index (χ1v) is 4.98. The first-order valence-electron chi connectivity index (χ1n) is 4.98. The Hall–Kier alpha value is -0.0800. The van der Waals surface area contributed by atoms with Gasteiger partial charge in [-0.25, -0.2) is 0 Å². The molecule has 0 aromatic heterocycles. The molecular weight excluding hydrogens is 152 g/mol. The maximum absolute atomic E-state index is 10.2. The van der Waals surface area contributed by atoms with Gasteiger partial charge in [0.25, 0.3) is 0 Å². The molecule has 2 heteroatoms. The first kappa shape index (κ1) is 8.52. The van der Waals surface area contributed by atoms with Gasteiger partial charge >= 0.3 is 0 Å². The van der Waals surface area contributed by atoms with E-state index in [1.54, 1.807) is 0 Å². The van der Waals surface area contributed by atoms with Crippen LogP contribution in [0.2, 0.25) is 0 Å². The van der Waals surface area contributed by atoms with Gasteiger partial charge in [-0.05, 0) is 18.8 Å². The van der Waals surface area contributed by atoms with E-state index in [1.807, 2.05) is 0 Å². The lowest BCUT2D eigenvalue weighted by Gasteiger charge is -2.39. The van der Waals surface area contributed by atoms with Crippen LogP contribution in [0.25, 0.3) is 0 Å². The fraction of sp³-hybridized carbons (Fsp3) is 1.00. The van der Waals surface area contributed by atoms with Gasteiger partial charge in [-0.15, -0.1) is 0 Å². The van der Waals surface area contributed by atoms with Crippen LogP contribution in [0.4, 0.5) is 0 Å². The van der Waals surface area contributed by atoms with E-state index in [1.165, 1.54) is 0 Å². The van der Waals surface area contributed by atoms with Crippen LogP contribution in [0.3, 0.4) is 0 Å². The highest BCUT2D eigenvalue weighted by Crippen LogP contribution is 2.41. The summed E-state index contributed by atoms with van der Waals surface area (Å²) in [5, 5.41) is 10.2. The number of aliphatic hydroxyl groups is 1. The fourth-order valence-corrected chi connectivity index (χ4v) is 2.42. The van der Waals surface area contributed by atoms with Gasteiger partial charge < -0.3 is 9.84 Å². The van der Waals surface area contributed by atoms with Crippen molar-refractivity contribution in [3.8, 4) is 0 Å². The minimum atomic E-state index is -0.440. The van der Waals surface area contributed by atoms with Crippen LogP contribution >= 0.6 is 0 Å². The molecule has 2 bridgehead atoms. The summed E-state index contributed by atoms with van der Waals surface area (Å²) < 4.78 is 5.68. The molecule has 2 aliphatic rings. The third-order valence-corrected chi connectivity index (χ3v) is 3.43. The molecule has 0 saturated carbocycles. The standard InChI is InChI=1S/C10H18O2/c1-7(2)10(11)5-8-3-4-9(6-10)12-8/h7-9,11H,3-6H2,1-2H3. The van der Waals surface area contributed by atoms with Gasteiger partial charge in [0.1, 0.15) is 0 Å². The normalized spacial score (nSPS) is 47.0. The molecule has 1 N–H and O–H groups in total. The highest BCUT2D eigenvalue weighted by Gasteiger charge is 2.45. The summed E-state index contributed by atoms with van der Waals surface area (Å²) in [5.74, 6) is 0.365. The number of fused-ring (bicyclic) bond motifs is 2. The van der Waals surface area contributed by atoms with Crippen LogP contribution < -0.4 is 0 Å². The van der Waals surface area contributed by atoms with Crippen molar-refractivity contribution < 1.29 is 9.84 Å². The van der Waals surface area contributed by atoms with Crippen LogP contribution in [-0.2, 0) is 4.74 Å². The Morgan fingerprint density at radius 2 is 1.75 bits per heavy atom. The molecule has 70 valence electrons. The van der Waals surface area contributed by atoms with Gasteiger partial charge in [-0.2, -0.15) is 0 Å². The van der Waals surface area contributed by atoms with Gasteiger partial charge in [0.2, 0.25) is 0 Å². The Kier molecular flexibility index (Phi) is 1.92. The van der Waals surface area contributed by atoms with E-state index in [0.717, 1.165) is 25.7 Å². The van der Waals surface area contributed by atoms with Crippen LogP contribution in [0.1, 0.15) is 39.5 Å². The summed E-state index contributed by atoms with van der Waals surface area (Å²) in [6.45, 7) is 4.20. The first-order chi connectivity index (χ1) is 5.60.